The Labute approximate surface area is 89.9 Å². The summed E-state index contributed by atoms with van der Waals surface area (Å²) in [4.78, 5) is 2.55. The minimum absolute atomic E-state index is 0.682. The lowest BCUT2D eigenvalue weighted by atomic mass is 9.95. The van der Waals surface area contributed by atoms with E-state index in [1.807, 2.05) is 0 Å². The molecule has 1 unspecified atom stereocenters. The quantitative estimate of drug-likeness (QED) is 0.629. The van der Waals surface area contributed by atoms with Gasteiger partial charge in [-0.1, -0.05) is 26.7 Å². The highest BCUT2D eigenvalue weighted by Crippen LogP contribution is 2.35. The molecule has 0 aliphatic heterocycles. The van der Waals surface area contributed by atoms with E-state index in [2.05, 4.69) is 39.6 Å². The Morgan fingerprint density at radius 3 is 2.07 bits per heavy atom. The topological polar surface area (TPSA) is 3.24 Å². The molecule has 1 saturated carbocycles. The van der Waals surface area contributed by atoms with Crippen LogP contribution in [0.4, 0.5) is 0 Å². The average molecular weight is 197 g/mol. The molecule has 0 saturated heterocycles. The molecule has 84 valence electrons. The van der Waals surface area contributed by atoms with Crippen LogP contribution in [0, 0.1) is 11.8 Å². The molecule has 0 aromatic heterocycles. The molecule has 14 heavy (non-hydrogen) atoms. The zero-order valence-electron chi connectivity index (χ0n) is 10.6. The molecule has 0 N–H and O–H groups in total. The van der Waals surface area contributed by atoms with Crippen LogP contribution in [0.25, 0.3) is 0 Å². The van der Waals surface area contributed by atoms with E-state index in [1.54, 1.807) is 0 Å². The summed E-state index contributed by atoms with van der Waals surface area (Å²) in [6.45, 7) is 9.31. The van der Waals surface area contributed by atoms with Crippen LogP contribution in [0.2, 0.25) is 0 Å². The SMILES string of the molecule is CC(C)C(CCC1CC1)N(C)C(C)C. The summed E-state index contributed by atoms with van der Waals surface area (Å²) in [6.07, 6.45) is 5.85. The molecule has 0 heterocycles. The van der Waals surface area contributed by atoms with Gasteiger partial charge in [0.05, 0.1) is 0 Å². The lowest BCUT2D eigenvalue weighted by Crippen LogP contribution is -2.40. The van der Waals surface area contributed by atoms with Crippen molar-refractivity contribution >= 4 is 0 Å². The van der Waals surface area contributed by atoms with E-state index in [0.29, 0.717) is 6.04 Å². The van der Waals surface area contributed by atoms with Gasteiger partial charge in [-0.3, -0.25) is 0 Å². The molecule has 0 aromatic rings. The zero-order chi connectivity index (χ0) is 10.7. The fraction of sp³-hybridized carbons (Fsp3) is 1.00. The maximum Gasteiger partial charge on any atom is 0.0118 e. The predicted octanol–water partition coefficient (Wildman–Crippen LogP) is 3.54. The molecule has 1 nitrogen and oxygen atoms in total. The van der Waals surface area contributed by atoms with Gasteiger partial charge in [0.25, 0.3) is 0 Å². The summed E-state index contributed by atoms with van der Waals surface area (Å²) >= 11 is 0. The second-order valence-corrected chi connectivity index (χ2v) is 5.59. The van der Waals surface area contributed by atoms with Gasteiger partial charge >= 0.3 is 0 Å². The summed E-state index contributed by atoms with van der Waals surface area (Å²) in [6, 6.07) is 1.47. The summed E-state index contributed by atoms with van der Waals surface area (Å²) in [5.41, 5.74) is 0. The third-order valence-electron chi connectivity index (χ3n) is 3.67. The van der Waals surface area contributed by atoms with Crippen molar-refractivity contribution in [1.82, 2.24) is 4.90 Å². The van der Waals surface area contributed by atoms with E-state index in [0.717, 1.165) is 17.9 Å². The highest BCUT2D eigenvalue weighted by molar-refractivity contribution is 4.80. The summed E-state index contributed by atoms with van der Waals surface area (Å²) in [7, 11) is 2.28. The first-order chi connectivity index (χ1) is 6.52. The Morgan fingerprint density at radius 2 is 1.71 bits per heavy atom. The first-order valence-corrected chi connectivity index (χ1v) is 6.24. The van der Waals surface area contributed by atoms with Gasteiger partial charge in [0.1, 0.15) is 0 Å². The van der Waals surface area contributed by atoms with Gasteiger partial charge in [0, 0.05) is 12.1 Å². The zero-order valence-corrected chi connectivity index (χ0v) is 10.6. The molecular weight excluding hydrogens is 170 g/mol. The van der Waals surface area contributed by atoms with Gasteiger partial charge in [0.15, 0.2) is 0 Å². The van der Waals surface area contributed by atoms with Crippen LogP contribution in [-0.2, 0) is 0 Å². The normalized spacial score (nSPS) is 19.7. The predicted molar refractivity (Wildman–Crippen MR) is 63.5 cm³/mol. The second-order valence-electron chi connectivity index (χ2n) is 5.59. The van der Waals surface area contributed by atoms with Crippen molar-refractivity contribution in [2.75, 3.05) is 7.05 Å². The molecule has 1 aliphatic carbocycles. The van der Waals surface area contributed by atoms with Crippen LogP contribution in [0.3, 0.4) is 0 Å². The fourth-order valence-electron chi connectivity index (χ4n) is 2.20. The minimum Gasteiger partial charge on any atom is -0.301 e. The van der Waals surface area contributed by atoms with Gasteiger partial charge < -0.3 is 4.90 Å². The average Bonchev–Trinajstić information content (AvgIpc) is 2.87. The molecular formula is C13H27N. The molecule has 1 aliphatic rings. The van der Waals surface area contributed by atoms with E-state index in [-0.39, 0.29) is 0 Å². The molecule has 1 atom stereocenters. The van der Waals surface area contributed by atoms with Crippen molar-refractivity contribution in [3.63, 3.8) is 0 Å². The number of hydrogen-bond acceptors (Lipinski definition) is 1. The first-order valence-electron chi connectivity index (χ1n) is 6.24. The second kappa shape index (κ2) is 5.16. The van der Waals surface area contributed by atoms with Crippen LogP contribution in [0.5, 0.6) is 0 Å². The molecule has 0 amide bonds. The summed E-state index contributed by atoms with van der Waals surface area (Å²) in [5, 5.41) is 0. The minimum atomic E-state index is 0.682. The third kappa shape index (κ3) is 3.61. The highest BCUT2D eigenvalue weighted by Gasteiger charge is 2.26. The van der Waals surface area contributed by atoms with Gasteiger partial charge in [-0.05, 0) is 45.6 Å². The van der Waals surface area contributed by atoms with Crippen LogP contribution in [0.1, 0.15) is 53.4 Å². The van der Waals surface area contributed by atoms with E-state index in [1.165, 1.54) is 25.7 Å². The van der Waals surface area contributed by atoms with Crippen LogP contribution in [0.15, 0.2) is 0 Å². The van der Waals surface area contributed by atoms with E-state index < -0.39 is 0 Å². The van der Waals surface area contributed by atoms with Crippen LogP contribution in [-0.4, -0.2) is 24.0 Å². The largest absolute Gasteiger partial charge is 0.301 e. The smallest absolute Gasteiger partial charge is 0.0118 e. The Hall–Kier alpha value is -0.0400. The molecule has 0 spiro atoms. The Kier molecular flexibility index (Phi) is 4.43. The Morgan fingerprint density at radius 1 is 1.14 bits per heavy atom. The van der Waals surface area contributed by atoms with Crippen LogP contribution >= 0.6 is 0 Å². The van der Waals surface area contributed by atoms with Crippen molar-refractivity contribution in [2.24, 2.45) is 11.8 Å². The molecule has 0 aromatic carbocycles. The summed E-state index contributed by atoms with van der Waals surface area (Å²) < 4.78 is 0. The highest BCUT2D eigenvalue weighted by atomic mass is 15.2. The Bertz CT molecular complexity index is 159. The van der Waals surface area contributed by atoms with E-state index in [9.17, 15) is 0 Å². The fourth-order valence-corrected chi connectivity index (χ4v) is 2.20. The van der Waals surface area contributed by atoms with Gasteiger partial charge in [-0.25, -0.2) is 0 Å². The van der Waals surface area contributed by atoms with Crippen molar-refractivity contribution in [3.05, 3.63) is 0 Å². The van der Waals surface area contributed by atoms with E-state index in [4.69, 9.17) is 0 Å². The lowest BCUT2D eigenvalue weighted by Gasteiger charge is -2.34. The van der Waals surface area contributed by atoms with E-state index >= 15 is 0 Å². The number of hydrogen-bond donors (Lipinski definition) is 0. The van der Waals surface area contributed by atoms with Crippen molar-refractivity contribution in [3.8, 4) is 0 Å². The lowest BCUT2D eigenvalue weighted by molar-refractivity contribution is 0.141. The van der Waals surface area contributed by atoms with Crippen molar-refractivity contribution in [2.45, 2.75) is 65.5 Å². The van der Waals surface area contributed by atoms with Crippen molar-refractivity contribution < 1.29 is 0 Å². The van der Waals surface area contributed by atoms with Gasteiger partial charge in [-0.2, -0.15) is 0 Å². The maximum absolute atomic E-state index is 2.55. The van der Waals surface area contributed by atoms with Gasteiger partial charge in [-0.15, -0.1) is 0 Å². The molecule has 0 radical (unpaired) electrons. The maximum atomic E-state index is 2.55. The number of rotatable bonds is 6. The molecule has 1 fully saturated rings. The molecule has 1 rings (SSSR count). The summed E-state index contributed by atoms with van der Waals surface area (Å²) in [5.74, 6) is 1.87. The third-order valence-corrected chi connectivity index (χ3v) is 3.67. The Balaban J connectivity index is 2.35. The number of nitrogens with zero attached hydrogens (tertiary/aromatic N) is 1. The van der Waals surface area contributed by atoms with Crippen molar-refractivity contribution in [1.29, 1.82) is 0 Å². The first kappa shape index (κ1) is 12.0. The van der Waals surface area contributed by atoms with Crippen LogP contribution < -0.4 is 0 Å². The molecule has 0 bridgehead atoms. The molecule has 1 heteroatoms. The standard InChI is InChI=1S/C13H27N/c1-10(2)13(14(5)11(3)4)9-8-12-6-7-12/h10-13H,6-9H2,1-5H3. The van der Waals surface area contributed by atoms with Gasteiger partial charge in [0.2, 0.25) is 0 Å². The monoisotopic (exact) mass is 197 g/mol.